The quantitative estimate of drug-likeness (QED) is 0.224. The van der Waals surface area contributed by atoms with Crippen LogP contribution in [-0.2, 0) is 12.8 Å². The summed E-state index contributed by atoms with van der Waals surface area (Å²) in [7, 11) is 0. The van der Waals surface area contributed by atoms with Gasteiger partial charge in [-0.25, -0.2) is 9.97 Å². The number of anilines is 1. The van der Waals surface area contributed by atoms with E-state index in [2.05, 4.69) is 42.8 Å². The standard InChI is InChI=1S/C34H42N6O/c1-4-16-34(20-25-11-5-7-13-26(25)32(34)36)17-15-21(2)29-30(22(3)41)39-31(33(37)40-29)28(35)24-10-6-8-14-27-23(19-24)12-9-18-38-27/h5,7,9,11-13,18-19,22,32,35,41H,2,4,6,8,10,14-17,20,36H2,1,3H3,(H2,37,40)/b24-19-,35-28?/t22-,32+,34?/m0/s1. The van der Waals surface area contributed by atoms with Crippen molar-refractivity contribution in [3.8, 4) is 0 Å². The van der Waals surface area contributed by atoms with Gasteiger partial charge in [-0.3, -0.25) is 10.4 Å². The molecule has 1 aromatic carbocycles. The summed E-state index contributed by atoms with van der Waals surface area (Å²) in [5.41, 5.74) is 21.0. The minimum Gasteiger partial charge on any atom is -0.387 e. The Morgan fingerprint density at radius 3 is 2.66 bits per heavy atom. The highest BCUT2D eigenvalue weighted by molar-refractivity contribution is 6.14. The van der Waals surface area contributed by atoms with Crippen LogP contribution in [0.2, 0.25) is 0 Å². The van der Waals surface area contributed by atoms with Crippen molar-refractivity contribution in [2.45, 2.75) is 83.8 Å². The van der Waals surface area contributed by atoms with Crippen molar-refractivity contribution >= 4 is 23.2 Å². The van der Waals surface area contributed by atoms with Crippen molar-refractivity contribution in [3.05, 3.63) is 94.2 Å². The third kappa shape index (κ3) is 5.74. The minimum absolute atomic E-state index is 0.0286. The molecule has 2 aromatic heterocycles. The van der Waals surface area contributed by atoms with Crippen LogP contribution in [0.15, 0.2) is 54.7 Å². The summed E-state index contributed by atoms with van der Waals surface area (Å²) in [5.74, 6) is 0.179. The van der Waals surface area contributed by atoms with Gasteiger partial charge in [-0.1, -0.05) is 50.3 Å². The van der Waals surface area contributed by atoms with E-state index in [1.54, 1.807) is 6.92 Å². The number of aryl methyl sites for hydroxylation is 1. The number of nitrogen functional groups attached to an aromatic ring is 1. The molecule has 0 aliphatic heterocycles. The number of rotatable bonds is 9. The third-order valence-corrected chi connectivity index (χ3v) is 8.87. The molecule has 0 fully saturated rings. The van der Waals surface area contributed by atoms with E-state index in [0.29, 0.717) is 23.5 Å². The number of pyridine rings is 1. The largest absolute Gasteiger partial charge is 0.387 e. The van der Waals surface area contributed by atoms with Gasteiger partial charge in [0.1, 0.15) is 5.69 Å². The molecule has 7 nitrogen and oxygen atoms in total. The lowest BCUT2D eigenvalue weighted by Crippen LogP contribution is -2.31. The molecule has 1 unspecified atom stereocenters. The molecule has 2 heterocycles. The first-order valence-electron chi connectivity index (χ1n) is 14.8. The maximum atomic E-state index is 10.8. The van der Waals surface area contributed by atoms with Crippen molar-refractivity contribution in [3.63, 3.8) is 0 Å². The SMILES string of the molecule is C=C(CCC1(CCC)Cc2ccccc2[C@H]1N)c1nc(N)c(C(=N)/C2=C\c3cccnc3CCCC2)nc1[C@H](C)O. The van der Waals surface area contributed by atoms with Crippen molar-refractivity contribution in [2.75, 3.05) is 5.73 Å². The van der Waals surface area contributed by atoms with Gasteiger partial charge in [-0.15, -0.1) is 0 Å². The molecule has 214 valence electrons. The average molecular weight is 551 g/mol. The Bertz CT molecular complexity index is 1490. The van der Waals surface area contributed by atoms with E-state index >= 15 is 0 Å². The molecular weight excluding hydrogens is 508 g/mol. The minimum atomic E-state index is -0.889. The van der Waals surface area contributed by atoms with Crippen molar-refractivity contribution in [1.29, 1.82) is 5.41 Å². The predicted octanol–water partition coefficient (Wildman–Crippen LogP) is 6.52. The van der Waals surface area contributed by atoms with Gasteiger partial charge in [-0.2, -0.15) is 0 Å². The lowest BCUT2D eigenvalue weighted by Gasteiger charge is -2.34. The highest BCUT2D eigenvalue weighted by Gasteiger charge is 2.43. The molecule has 2 aliphatic carbocycles. The van der Waals surface area contributed by atoms with Crippen LogP contribution in [0.25, 0.3) is 11.6 Å². The molecule has 0 radical (unpaired) electrons. The zero-order chi connectivity index (χ0) is 29.1. The zero-order valence-corrected chi connectivity index (χ0v) is 24.3. The van der Waals surface area contributed by atoms with Crippen LogP contribution in [0.3, 0.4) is 0 Å². The fourth-order valence-corrected chi connectivity index (χ4v) is 6.65. The van der Waals surface area contributed by atoms with E-state index in [1.165, 1.54) is 11.1 Å². The van der Waals surface area contributed by atoms with Crippen molar-refractivity contribution < 1.29 is 5.11 Å². The normalized spacial score (nSPS) is 22.0. The lowest BCUT2D eigenvalue weighted by atomic mass is 9.73. The second-order valence-corrected chi connectivity index (χ2v) is 11.7. The number of fused-ring (bicyclic) bond motifs is 2. The summed E-state index contributed by atoms with van der Waals surface area (Å²) >= 11 is 0. The second kappa shape index (κ2) is 12.0. The van der Waals surface area contributed by atoms with Gasteiger partial charge in [-0.05, 0) is 104 Å². The van der Waals surface area contributed by atoms with Crippen LogP contribution in [0.1, 0.15) is 110 Å². The Hall–Kier alpha value is -3.68. The van der Waals surface area contributed by atoms with Gasteiger partial charge >= 0.3 is 0 Å². The molecule has 0 spiro atoms. The maximum absolute atomic E-state index is 10.8. The van der Waals surface area contributed by atoms with Gasteiger partial charge in [0.05, 0.1) is 23.2 Å². The molecule has 0 bridgehead atoms. The van der Waals surface area contributed by atoms with Crippen LogP contribution in [0.5, 0.6) is 0 Å². The number of nitrogens with zero attached hydrogens (tertiary/aromatic N) is 3. The number of nitrogens with two attached hydrogens (primary N) is 2. The van der Waals surface area contributed by atoms with Crippen LogP contribution in [0.4, 0.5) is 5.82 Å². The number of benzene rings is 1. The molecule has 3 atom stereocenters. The Labute approximate surface area is 243 Å². The lowest BCUT2D eigenvalue weighted by molar-refractivity contribution is 0.193. The average Bonchev–Trinajstić information content (AvgIpc) is 3.23. The highest BCUT2D eigenvalue weighted by atomic mass is 16.3. The van der Waals surface area contributed by atoms with Gasteiger partial charge in [0.15, 0.2) is 5.82 Å². The highest BCUT2D eigenvalue weighted by Crippen LogP contribution is 2.51. The zero-order valence-electron chi connectivity index (χ0n) is 24.3. The summed E-state index contributed by atoms with van der Waals surface area (Å²) in [5, 5.41) is 19.8. The molecule has 0 amide bonds. The Morgan fingerprint density at radius 1 is 1.12 bits per heavy atom. The van der Waals surface area contributed by atoms with E-state index in [9.17, 15) is 5.11 Å². The number of hydrogen-bond acceptors (Lipinski definition) is 7. The fraction of sp³-hybridized carbons (Fsp3) is 0.412. The first-order chi connectivity index (χ1) is 19.7. The van der Waals surface area contributed by atoms with E-state index in [1.807, 2.05) is 24.4 Å². The topological polar surface area (TPSA) is 135 Å². The van der Waals surface area contributed by atoms with Crippen LogP contribution >= 0.6 is 0 Å². The molecule has 0 saturated carbocycles. The number of aliphatic hydroxyl groups is 1. The smallest absolute Gasteiger partial charge is 0.152 e. The van der Waals surface area contributed by atoms with Crippen molar-refractivity contribution in [1.82, 2.24) is 15.0 Å². The summed E-state index contributed by atoms with van der Waals surface area (Å²) < 4.78 is 0. The Balaban J connectivity index is 1.42. The molecule has 0 saturated heterocycles. The molecule has 2 aliphatic rings. The maximum Gasteiger partial charge on any atom is 0.152 e. The molecule has 5 rings (SSSR count). The number of nitrogens with one attached hydrogen (secondary N) is 1. The Kier molecular flexibility index (Phi) is 8.47. The first-order valence-corrected chi connectivity index (χ1v) is 14.8. The summed E-state index contributed by atoms with van der Waals surface area (Å²) in [6.07, 6.45) is 11.1. The predicted molar refractivity (Wildman–Crippen MR) is 166 cm³/mol. The number of hydrogen-bond donors (Lipinski definition) is 4. The summed E-state index contributed by atoms with van der Waals surface area (Å²) in [6, 6.07) is 12.4. The van der Waals surface area contributed by atoms with E-state index < -0.39 is 6.10 Å². The number of aliphatic hydroxyl groups excluding tert-OH is 1. The number of aromatic nitrogens is 3. The van der Waals surface area contributed by atoms with E-state index in [0.717, 1.165) is 73.8 Å². The fourth-order valence-electron chi connectivity index (χ4n) is 6.65. The molecular formula is C34H42N6O. The third-order valence-electron chi connectivity index (χ3n) is 8.87. The molecule has 3 aromatic rings. The van der Waals surface area contributed by atoms with Gasteiger partial charge in [0, 0.05) is 17.9 Å². The first kappa shape index (κ1) is 28.8. The van der Waals surface area contributed by atoms with Crippen molar-refractivity contribution in [2.24, 2.45) is 11.1 Å². The van der Waals surface area contributed by atoms with Crippen LogP contribution in [-0.4, -0.2) is 25.8 Å². The monoisotopic (exact) mass is 550 g/mol. The van der Waals surface area contributed by atoms with Gasteiger partial charge in [0.25, 0.3) is 0 Å². The van der Waals surface area contributed by atoms with E-state index in [4.69, 9.17) is 26.8 Å². The van der Waals surface area contributed by atoms with Gasteiger partial charge < -0.3 is 16.6 Å². The number of allylic oxidation sites excluding steroid dienone is 2. The van der Waals surface area contributed by atoms with Gasteiger partial charge in [0.2, 0.25) is 0 Å². The second-order valence-electron chi connectivity index (χ2n) is 11.7. The Morgan fingerprint density at radius 2 is 1.90 bits per heavy atom. The summed E-state index contributed by atoms with van der Waals surface area (Å²) in [4.78, 5) is 14.0. The molecule has 41 heavy (non-hydrogen) atoms. The molecule has 7 heteroatoms. The van der Waals surface area contributed by atoms with Crippen LogP contribution in [0, 0.1) is 10.8 Å². The summed E-state index contributed by atoms with van der Waals surface area (Å²) in [6.45, 7) is 8.24. The molecule has 6 N–H and O–H groups in total. The van der Waals surface area contributed by atoms with Crippen LogP contribution < -0.4 is 11.5 Å². The van der Waals surface area contributed by atoms with E-state index in [-0.39, 0.29) is 23.0 Å².